The number of nitrogens with one attached hydrogen (secondary N) is 1. The minimum absolute atomic E-state index is 0.647. The minimum atomic E-state index is -5.19. The number of nitrogens with zero attached hydrogens (tertiary/aromatic N) is 5. The number of fused-ring (bicyclic) bond motifs is 3. The van der Waals surface area contributed by atoms with Crippen molar-refractivity contribution in [3.63, 3.8) is 0 Å². The number of aryl methyl sites for hydroxylation is 3. The zero-order valence-electron chi connectivity index (χ0n) is 14.8. The number of hydrogen-bond donors (Lipinski definition) is 2. The summed E-state index contributed by atoms with van der Waals surface area (Å²) >= 11 is 0. The summed E-state index contributed by atoms with van der Waals surface area (Å²) in [7, 11) is 0. The van der Waals surface area contributed by atoms with E-state index in [-0.39, 0.29) is 0 Å². The summed E-state index contributed by atoms with van der Waals surface area (Å²) in [5.41, 5.74) is 2.02. The SMILES string of the molecule is Cc1cc(C)n2nc3nc(C)[nH][n+]3c2n1.O=C(O)C(F)(F)F.O=C([O-])C(F)(F)F. The van der Waals surface area contributed by atoms with Crippen molar-refractivity contribution in [2.24, 2.45) is 0 Å². The number of rotatable bonds is 0. The molecule has 0 aliphatic heterocycles. The number of carbonyl (C=O) groups is 2. The zero-order chi connectivity index (χ0) is 22.7. The minimum Gasteiger partial charge on any atom is -0.542 e. The van der Waals surface area contributed by atoms with Crippen LogP contribution in [0.15, 0.2) is 6.07 Å². The average molecular weight is 430 g/mol. The molecule has 3 rings (SSSR count). The lowest BCUT2D eigenvalue weighted by molar-refractivity contribution is -0.553. The first kappa shape index (κ1) is 23.6. The van der Waals surface area contributed by atoms with Gasteiger partial charge in [-0.2, -0.15) is 26.3 Å². The van der Waals surface area contributed by atoms with Gasteiger partial charge >= 0.3 is 29.9 Å². The lowest BCUT2D eigenvalue weighted by Gasteiger charge is -2.03. The number of halogens is 6. The first-order valence-electron chi connectivity index (χ1n) is 7.23. The predicted molar refractivity (Wildman–Crippen MR) is 77.3 cm³/mol. The molecule has 16 heteroatoms. The Morgan fingerprint density at radius 1 is 1.10 bits per heavy atom. The van der Waals surface area contributed by atoms with Gasteiger partial charge < -0.3 is 15.0 Å². The highest BCUT2D eigenvalue weighted by Crippen LogP contribution is 2.13. The van der Waals surface area contributed by atoms with Gasteiger partial charge in [0.1, 0.15) is 5.97 Å². The monoisotopic (exact) mass is 430 g/mol. The summed E-state index contributed by atoms with van der Waals surface area (Å²) < 4.78 is 66.9. The van der Waals surface area contributed by atoms with Gasteiger partial charge in [-0.3, -0.25) is 0 Å². The van der Waals surface area contributed by atoms with E-state index in [1.165, 1.54) is 0 Å². The van der Waals surface area contributed by atoms with Crippen molar-refractivity contribution in [2.45, 2.75) is 33.1 Å². The quantitative estimate of drug-likeness (QED) is 0.379. The van der Waals surface area contributed by atoms with Crippen LogP contribution in [0, 0.1) is 20.8 Å². The van der Waals surface area contributed by atoms with Crippen LogP contribution < -0.4 is 9.62 Å². The second-order valence-corrected chi connectivity index (χ2v) is 5.28. The Hall–Kier alpha value is -3.46. The molecule has 0 saturated heterocycles. The van der Waals surface area contributed by atoms with Gasteiger partial charge in [0.2, 0.25) is 0 Å². The van der Waals surface area contributed by atoms with Gasteiger partial charge in [-0.1, -0.05) is 0 Å². The van der Waals surface area contributed by atoms with Crippen LogP contribution in [0.4, 0.5) is 26.3 Å². The van der Waals surface area contributed by atoms with Crippen molar-refractivity contribution < 1.29 is 50.7 Å². The molecule has 0 radical (unpaired) electrons. The summed E-state index contributed by atoms with van der Waals surface area (Å²) in [6.45, 7) is 5.87. The highest BCUT2D eigenvalue weighted by molar-refractivity contribution is 5.73. The highest BCUT2D eigenvalue weighted by Gasteiger charge is 2.38. The highest BCUT2D eigenvalue weighted by atomic mass is 19.4. The molecule has 0 spiro atoms. The maximum absolute atomic E-state index is 10.6. The normalized spacial score (nSPS) is 11.5. The lowest BCUT2D eigenvalue weighted by Crippen LogP contribution is -2.37. The van der Waals surface area contributed by atoms with Crippen molar-refractivity contribution in [3.05, 3.63) is 23.3 Å². The van der Waals surface area contributed by atoms with Crippen molar-refractivity contribution in [1.29, 1.82) is 0 Å². The summed E-state index contributed by atoms with van der Waals surface area (Å²) in [5.74, 6) is -3.52. The van der Waals surface area contributed by atoms with E-state index < -0.39 is 24.3 Å². The van der Waals surface area contributed by atoms with E-state index in [0.29, 0.717) is 5.78 Å². The maximum Gasteiger partial charge on any atom is 0.490 e. The molecule has 3 aromatic heterocycles. The molecular formula is C13H12F6N6O4. The summed E-state index contributed by atoms with van der Waals surface area (Å²) in [5, 5.41) is 23.4. The summed E-state index contributed by atoms with van der Waals surface area (Å²) in [6, 6.07) is 1.99. The number of aliphatic carboxylic acids is 2. The molecule has 0 amide bonds. The van der Waals surface area contributed by atoms with E-state index in [4.69, 9.17) is 19.8 Å². The van der Waals surface area contributed by atoms with Crippen LogP contribution in [-0.2, 0) is 9.59 Å². The Morgan fingerprint density at radius 2 is 1.59 bits per heavy atom. The third-order valence-electron chi connectivity index (χ3n) is 2.82. The number of aromatic nitrogens is 6. The van der Waals surface area contributed by atoms with E-state index >= 15 is 0 Å². The number of carbonyl (C=O) groups excluding carboxylic acids is 1. The second-order valence-electron chi connectivity index (χ2n) is 5.28. The number of H-pyrrole nitrogens is 1. The van der Waals surface area contributed by atoms with Gasteiger partial charge in [-0.15, -0.1) is 19.0 Å². The Balaban J connectivity index is 0.000000255. The molecule has 0 aliphatic carbocycles. The smallest absolute Gasteiger partial charge is 0.490 e. The second kappa shape index (κ2) is 8.27. The summed E-state index contributed by atoms with van der Waals surface area (Å²) in [4.78, 5) is 26.4. The molecule has 3 aromatic rings. The average Bonchev–Trinajstić information content (AvgIpc) is 3.04. The van der Waals surface area contributed by atoms with Crippen molar-refractivity contribution in [1.82, 2.24) is 24.7 Å². The molecular weight excluding hydrogens is 418 g/mol. The molecule has 0 fully saturated rings. The maximum atomic E-state index is 10.6. The molecule has 0 aromatic carbocycles. The van der Waals surface area contributed by atoms with Crippen LogP contribution >= 0.6 is 0 Å². The van der Waals surface area contributed by atoms with Gasteiger partial charge in [0, 0.05) is 18.1 Å². The number of carboxylic acids is 2. The first-order valence-corrected chi connectivity index (χ1v) is 7.23. The Labute approximate surface area is 156 Å². The van der Waals surface area contributed by atoms with Crippen LogP contribution in [0.1, 0.15) is 17.2 Å². The molecule has 3 heterocycles. The van der Waals surface area contributed by atoms with Gasteiger partial charge in [0.15, 0.2) is 5.82 Å². The Morgan fingerprint density at radius 3 is 2.00 bits per heavy atom. The fourth-order valence-electron chi connectivity index (χ4n) is 1.76. The van der Waals surface area contributed by atoms with E-state index in [0.717, 1.165) is 23.0 Å². The largest absolute Gasteiger partial charge is 0.542 e. The van der Waals surface area contributed by atoms with Crippen LogP contribution in [-0.4, -0.2) is 54.1 Å². The van der Waals surface area contributed by atoms with Gasteiger partial charge in [0.05, 0.1) is 11.4 Å². The van der Waals surface area contributed by atoms with E-state index in [2.05, 4.69) is 20.2 Å². The van der Waals surface area contributed by atoms with Crippen LogP contribution in [0.3, 0.4) is 0 Å². The van der Waals surface area contributed by atoms with Gasteiger partial charge in [-0.05, 0) is 13.8 Å². The topological polar surface area (TPSA) is 140 Å². The number of aromatic amines is 1. The van der Waals surface area contributed by atoms with Crippen molar-refractivity contribution in [2.75, 3.05) is 0 Å². The standard InChI is InChI=1S/C9H11N6.2C2HF3O2/c1-5-4-6(2)14-9(10-5)15-8(13-14)11-7(3)12-15;2*3-2(4,5)1(6)7/h4H,1-3H3,(H,11,12,13);2*(H,6,7)/q+1;;/p-1. The van der Waals surface area contributed by atoms with Gasteiger partial charge in [0.25, 0.3) is 0 Å². The van der Waals surface area contributed by atoms with Crippen LogP contribution in [0.2, 0.25) is 0 Å². The number of alkyl halides is 6. The molecule has 0 bridgehead atoms. The molecule has 0 atom stereocenters. The first-order chi connectivity index (χ1) is 13.0. The molecule has 29 heavy (non-hydrogen) atoms. The van der Waals surface area contributed by atoms with E-state index in [1.54, 1.807) is 9.03 Å². The third-order valence-corrected chi connectivity index (χ3v) is 2.82. The fraction of sp³-hybridized carbons (Fsp3) is 0.385. The molecule has 0 aliphatic rings. The molecule has 0 unspecified atom stereocenters. The summed E-state index contributed by atoms with van der Waals surface area (Å²) in [6.07, 6.45) is -10.3. The van der Waals surface area contributed by atoms with Gasteiger partial charge in [-0.25, -0.2) is 9.89 Å². The Bertz CT molecular complexity index is 1010. The number of hydrogen-bond acceptors (Lipinski definition) is 6. The molecule has 0 saturated carbocycles. The molecule has 160 valence electrons. The van der Waals surface area contributed by atoms with Crippen molar-refractivity contribution in [3.8, 4) is 0 Å². The Kier molecular flexibility index (Phi) is 6.73. The van der Waals surface area contributed by atoms with Crippen LogP contribution in [0.5, 0.6) is 0 Å². The fourth-order valence-corrected chi connectivity index (χ4v) is 1.76. The number of carboxylic acid groups (broad SMARTS) is 2. The van der Waals surface area contributed by atoms with Crippen LogP contribution in [0.25, 0.3) is 11.6 Å². The lowest BCUT2D eigenvalue weighted by atomic mass is 10.4. The van der Waals surface area contributed by atoms with E-state index in [1.807, 2.05) is 26.8 Å². The van der Waals surface area contributed by atoms with Crippen molar-refractivity contribution >= 4 is 23.5 Å². The predicted octanol–water partition coefficient (Wildman–Crippen LogP) is 0.0483. The zero-order valence-corrected chi connectivity index (χ0v) is 14.8. The van der Waals surface area contributed by atoms with E-state index in [9.17, 15) is 26.3 Å². The molecule has 10 nitrogen and oxygen atoms in total. The third kappa shape index (κ3) is 6.28. The molecule has 2 N–H and O–H groups in total.